The summed E-state index contributed by atoms with van der Waals surface area (Å²) in [7, 11) is 0. The molecule has 3 heterocycles. The van der Waals surface area contributed by atoms with Crippen LogP contribution >= 0.6 is 22.7 Å². The largest absolute Gasteiger partial charge is 0.288 e. The highest BCUT2D eigenvalue weighted by Gasteiger charge is 2.24. The first-order valence-electron chi connectivity index (χ1n) is 9.76. The number of hydrogen-bond acceptors (Lipinski definition) is 5. The van der Waals surface area contributed by atoms with Crippen LogP contribution in [0.3, 0.4) is 0 Å². The van der Waals surface area contributed by atoms with Crippen molar-refractivity contribution in [2.45, 2.75) is 44.6 Å². The fourth-order valence-corrected chi connectivity index (χ4v) is 5.95. The van der Waals surface area contributed by atoms with Crippen molar-refractivity contribution in [3.05, 3.63) is 62.4 Å². The molecular weight excluding hydrogens is 388 g/mol. The summed E-state index contributed by atoms with van der Waals surface area (Å²) in [5, 5.41) is 2.86. The molecule has 0 amide bonds. The third-order valence-corrected chi connectivity index (χ3v) is 7.51. The lowest BCUT2D eigenvalue weighted by Gasteiger charge is -2.21. The van der Waals surface area contributed by atoms with Crippen molar-refractivity contribution in [3.8, 4) is 10.7 Å². The number of nitrogens with zero attached hydrogens (tertiary/aromatic N) is 2. The first-order valence-corrected chi connectivity index (χ1v) is 11.5. The minimum atomic E-state index is -0.193. The molecule has 3 aromatic heterocycles. The Kier molecular flexibility index (Phi) is 4.61. The Hall–Kier alpha value is -2.31. The highest BCUT2D eigenvalue weighted by Crippen LogP contribution is 2.33. The van der Waals surface area contributed by atoms with Gasteiger partial charge in [-0.3, -0.25) is 14.2 Å². The SMILES string of the molecule is O=c1c2ccccc2sc2nc(-c3cccs3)n(C3CCCCCC3)c(=O)c12. The molecule has 1 saturated carbocycles. The van der Waals surface area contributed by atoms with Crippen molar-refractivity contribution in [1.29, 1.82) is 0 Å². The topological polar surface area (TPSA) is 52.0 Å². The number of benzene rings is 1. The second kappa shape index (κ2) is 7.26. The van der Waals surface area contributed by atoms with Gasteiger partial charge in [-0.2, -0.15) is 0 Å². The quantitative estimate of drug-likeness (QED) is 0.321. The van der Waals surface area contributed by atoms with Crippen LogP contribution in [0.15, 0.2) is 51.4 Å². The van der Waals surface area contributed by atoms with Crippen molar-refractivity contribution >= 4 is 43.0 Å². The summed E-state index contributed by atoms with van der Waals surface area (Å²) in [6, 6.07) is 11.6. The van der Waals surface area contributed by atoms with Gasteiger partial charge in [0.2, 0.25) is 5.43 Å². The Morgan fingerprint density at radius 1 is 0.964 bits per heavy atom. The average Bonchev–Trinajstić information content (AvgIpc) is 3.11. The van der Waals surface area contributed by atoms with Crippen LogP contribution in [-0.4, -0.2) is 9.55 Å². The van der Waals surface area contributed by atoms with E-state index in [4.69, 9.17) is 4.98 Å². The Balaban J connectivity index is 1.87. The summed E-state index contributed by atoms with van der Waals surface area (Å²) in [5.74, 6) is 0.713. The monoisotopic (exact) mass is 408 g/mol. The molecule has 0 spiro atoms. The number of fused-ring (bicyclic) bond motifs is 2. The second-order valence-electron chi connectivity index (χ2n) is 7.34. The van der Waals surface area contributed by atoms with Crippen LogP contribution in [0, 0.1) is 0 Å². The predicted octanol–water partition coefficient (Wildman–Crippen LogP) is 5.60. The van der Waals surface area contributed by atoms with Gasteiger partial charge in [0.05, 0.1) is 4.88 Å². The molecule has 5 rings (SSSR count). The van der Waals surface area contributed by atoms with Crippen LogP contribution in [0.5, 0.6) is 0 Å². The molecule has 0 saturated heterocycles. The zero-order chi connectivity index (χ0) is 19.1. The summed E-state index contributed by atoms with van der Waals surface area (Å²) < 4.78 is 2.71. The molecule has 1 aromatic carbocycles. The molecular formula is C22H20N2O2S2. The van der Waals surface area contributed by atoms with E-state index in [1.54, 1.807) is 17.4 Å². The van der Waals surface area contributed by atoms with E-state index < -0.39 is 0 Å². The molecule has 0 bridgehead atoms. The second-order valence-corrected chi connectivity index (χ2v) is 9.32. The fraction of sp³-hybridized carbons (Fsp3) is 0.318. The smallest absolute Gasteiger partial charge is 0.266 e. The standard InChI is InChI=1S/C22H20N2O2S2/c25-19-15-10-5-6-11-16(15)28-21-18(19)22(26)24(14-8-3-1-2-4-9-14)20(23-21)17-12-7-13-27-17/h5-7,10-14H,1-4,8-9H2. The first kappa shape index (κ1) is 17.8. The molecule has 6 heteroatoms. The van der Waals surface area contributed by atoms with Gasteiger partial charge in [0.1, 0.15) is 10.2 Å². The van der Waals surface area contributed by atoms with Gasteiger partial charge in [-0.05, 0) is 36.4 Å². The lowest BCUT2D eigenvalue weighted by atomic mass is 10.1. The van der Waals surface area contributed by atoms with E-state index in [1.807, 2.05) is 40.3 Å². The van der Waals surface area contributed by atoms with E-state index in [9.17, 15) is 9.59 Å². The summed E-state index contributed by atoms with van der Waals surface area (Å²) in [6.07, 6.45) is 6.58. The van der Waals surface area contributed by atoms with E-state index in [1.165, 1.54) is 24.2 Å². The van der Waals surface area contributed by atoms with Crippen molar-refractivity contribution in [2.24, 2.45) is 0 Å². The third-order valence-electron chi connectivity index (χ3n) is 5.58. The van der Waals surface area contributed by atoms with E-state index in [-0.39, 0.29) is 22.4 Å². The Labute approximate surface area is 170 Å². The van der Waals surface area contributed by atoms with Crippen molar-refractivity contribution < 1.29 is 0 Å². The number of thiophene rings is 1. The maximum atomic E-state index is 13.7. The van der Waals surface area contributed by atoms with Crippen molar-refractivity contribution in [1.82, 2.24) is 9.55 Å². The predicted molar refractivity (Wildman–Crippen MR) is 118 cm³/mol. The van der Waals surface area contributed by atoms with Gasteiger partial charge in [-0.25, -0.2) is 4.98 Å². The molecule has 0 aliphatic heterocycles. The molecule has 0 radical (unpaired) electrons. The van der Waals surface area contributed by atoms with Crippen molar-refractivity contribution in [2.75, 3.05) is 0 Å². The fourth-order valence-electron chi connectivity index (χ4n) is 4.20. The summed E-state index contributed by atoms with van der Waals surface area (Å²) in [5.41, 5.74) is -0.366. The molecule has 1 fully saturated rings. The normalized spacial score (nSPS) is 15.9. The zero-order valence-electron chi connectivity index (χ0n) is 15.4. The maximum absolute atomic E-state index is 13.7. The van der Waals surface area contributed by atoms with Crippen LogP contribution in [0.25, 0.3) is 31.0 Å². The third kappa shape index (κ3) is 2.91. The lowest BCUT2D eigenvalue weighted by molar-refractivity contribution is 0.435. The number of hydrogen-bond donors (Lipinski definition) is 0. The van der Waals surface area contributed by atoms with Gasteiger partial charge in [0.15, 0.2) is 5.82 Å². The Morgan fingerprint density at radius 3 is 2.50 bits per heavy atom. The molecule has 4 aromatic rings. The van der Waals surface area contributed by atoms with Crippen LogP contribution < -0.4 is 11.0 Å². The zero-order valence-corrected chi connectivity index (χ0v) is 17.0. The van der Waals surface area contributed by atoms with E-state index in [2.05, 4.69) is 0 Å². The lowest BCUT2D eigenvalue weighted by Crippen LogP contribution is -2.30. The minimum Gasteiger partial charge on any atom is -0.288 e. The molecule has 1 aliphatic rings. The van der Waals surface area contributed by atoms with Crippen LogP contribution in [-0.2, 0) is 0 Å². The highest BCUT2D eigenvalue weighted by molar-refractivity contribution is 7.24. The molecule has 4 nitrogen and oxygen atoms in total. The number of rotatable bonds is 2. The highest BCUT2D eigenvalue weighted by atomic mass is 32.1. The molecule has 142 valence electrons. The van der Waals surface area contributed by atoms with Crippen LogP contribution in [0.1, 0.15) is 44.6 Å². The van der Waals surface area contributed by atoms with E-state index >= 15 is 0 Å². The summed E-state index contributed by atoms with van der Waals surface area (Å²) in [4.78, 5) is 33.2. The Morgan fingerprint density at radius 2 is 1.75 bits per heavy atom. The van der Waals surface area contributed by atoms with Crippen LogP contribution in [0.2, 0.25) is 0 Å². The molecule has 28 heavy (non-hydrogen) atoms. The van der Waals surface area contributed by atoms with Gasteiger partial charge >= 0.3 is 0 Å². The molecule has 0 N–H and O–H groups in total. The first-order chi connectivity index (χ1) is 13.7. The minimum absolute atomic E-state index is 0.111. The van der Waals surface area contributed by atoms with Gasteiger partial charge in [0.25, 0.3) is 5.56 Å². The molecule has 1 aliphatic carbocycles. The molecule has 0 unspecified atom stereocenters. The van der Waals surface area contributed by atoms with Gasteiger partial charge in [-0.15, -0.1) is 22.7 Å². The molecule has 0 atom stereocenters. The maximum Gasteiger partial charge on any atom is 0.266 e. The summed E-state index contributed by atoms with van der Waals surface area (Å²) >= 11 is 3.02. The van der Waals surface area contributed by atoms with Gasteiger partial charge < -0.3 is 0 Å². The van der Waals surface area contributed by atoms with Crippen LogP contribution in [0.4, 0.5) is 0 Å². The van der Waals surface area contributed by atoms with E-state index in [0.29, 0.717) is 16.0 Å². The van der Waals surface area contributed by atoms with Gasteiger partial charge in [-0.1, -0.05) is 43.9 Å². The van der Waals surface area contributed by atoms with Crippen molar-refractivity contribution in [3.63, 3.8) is 0 Å². The summed E-state index contributed by atoms with van der Waals surface area (Å²) in [6.45, 7) is 0. The Bertz CT molecular complexity index is 1260. The van der Waals surface area contributed by atoms with E-state index in [0.717, 1.165) is 35.3 Å². The number of aromatic nitrogens is 2. The average molecular weight is 409 g/mol. The van der Waals surface area contributed by atoms with Gasteiger partial charge in [0, 0.05) is 16.1 Å².